The summed E-state index contributed by atoms with van der Waals surface area (Å²) in [6.45, 7) is 5.43. The topological polar surface area (TPSA) is 69.4 Å². The lowest BCUT2D eigenvalue weighted by Gasteiger charge is -2.51. The van der Waals surface area contributed by atoms with E-state index in [9.17, 15) is 14.9 Å². The Morgan fingerprint density at radius 1 is 1.29 bits per heavy atom. The number of esters is 1. The van der Waals surface area contributed by atoms with Gasteiger partial charge < -0.3 is 4.74 Å². The maximum atomic E-state index is 12.2. The molecule has 1 spiro atoms. The fourth-order valence-electron chi connectivity index (χ4n) is 4.92. The van der Waals surface area contributed by atoms with Crippen molar-refractivity contribution in [1.29, 1.82) is 0 Å². The van der Waals surface area contributed by atoms with Crippen LogP contribution in [0.4, 0.5) is 0 Å². The first-order chi connectivity index (χ1) is 9.66. The van der Waals surface area contributed by atoms with Gasteiger partial charge in [0.05, 0.1) is 6.42 Å². The summed E-state index contributed by atoms with van der Waals surface area (Å²) in [4.78, 5) is 23.0. The highest BCUT2D eigenvalue weighted by molar-refractivity contribution is 5.71. The lowest BCUT2D eigenvalue weighted by atomic mass is 9.51. The number of carbonyl (C=O) groups excluding carboxylic acids is 1. The Morgan fingerprint density at radius 3 is 2.48 bits per heavy atom. The molecule has 0 aliphatic heterocycles. The minimum Gasteiger partial charge on any atom is -0.460 e. The highest BCUT2D eigenvalue weighted by atomic mass is 16.6. The molecule has 3 saturated carbocycles. The van der Waals surface area contributed by atoms with Gasteiger partial charge in [0.25, 0.3) is 0 Å². The molecule has 0 aromatic rings. The normalized spacial score (nSPS) is 36.0. The number of nitro groups is 1. The molecule has 0 bridgehead atoms. The van der Waals surface area contributed by atoms with Gasteiger partial charge in [0.15, 0.2) is 0 Å². The molecule has 5 nitrogen and oxygen atoms in total. The SMILES string of the molecule is CC(C)(C)OC(=O)C[C@@]1(C[N+](=O)[O-])C[C@@H]2[C@H]1CCC21CC1. The van der Waals surface area contributed by atoms with Crippen molar-refractivity contribution in [3.63, 3.8) is 0 Å². The monoisotopic (exact) mass is 295 g/mol. The molecule has 0 aromatic heterocycles. The third-order valence-corrected chi connectivity index (χ3v) is 5.89. The second-order valence-corrected chi connectivity index (χ2v) is 8.43. The van der Waals surface area contributed by atoms with Crippen LogP contribution in [0, 0.1) is 32.8 Å². The fourth-order valence-corrected chi connectivity index (χ4v) is 4.92. The van der Waals surface area contributed by atoms with Crippen LogP contribution >= 0.6 is 0 Å². The maximum Gasteiger partial charge on any atom is 0.307 e. The summed E-state index contributed by atoms with van der Waals surface area (Å²) < 4.78 is 5.41. The molecule has 21 heavy (non-hydrogen) atoms. The zero-order chi connectivity index (χ0) is 15.5. The van der Waals surface area contributed by atoms with E-state index >= 15 is 0 Å². The van der Waals surface area contributed by atoms with Crippen molar-refractivity contribution in [2.24, 2.45) is 22.7 Å². The third-order valence-electron chi connectivity index (χ3n) is 5.89. The van der Waals surface area contributed by atoms with Crippen molar-refractivity contribution < 1.29 is 14.5 Å². The first-order valence-electron chi connectivity index (χ1n) is 8.00. The molecule has 0 saturated heterocycles. The van der Waals surface area contributed by atoms with E-state index < -0.39 is 11.0 Å². The van der Waals surface area contributed by atoms with Crippen LogP contribution in [0.5, 0.6) is 0 Å². The highest BCUT2D eigenvalue weighted by Gasteiger charge is 2.69. The van der Waals surface area contributed by atoms with Gasteiger partial charge in [0, 0.05) is 10.3 Å². The zero-order valence-corrected chi connectivity index (χ0v) is 13.2. The highest BCUT2D eigenvalue weighted by Crippen LogP contribution is 2.75. The van der Waals surface area contributed by atoms with E-state index in [1.165, 1.54) is 19.3 Å². The largest absolute Gasteiger partial charge is 0.460 e. The molecule has 0 unspecified atom stereocenters. The molecule has 0 amide bonds. The molecule has 5 heteroatoms. The van der Waals surface area contributed by atoms with Crippen LogP contribution in [0.3, 0.4) is 0 Å². The summed E-state index contributed by atoms with van der Waals surface area (Å²) in [5.41, 5.74) is -0.468. The molecule has 3 aliphatic carbocycles. The first-order valence-corrected chi connectivity index (χ1v) is 8.00. The van der Waals surface area contributed by atoms with E-state index in [0.717, 1.165) is 12.8 Å². The minimum absolute atomic E-state index is 0.0799. The van der Waals surface area contributed by atoms with Crippen molar-refractivity contribution in [2.75, 3.05) is 6.54 Å². The van der Waals surface area contributed by atoms with Gasteiger partial charge in [-0.3, -0.25) is 14.9 Å². The van der Waals surface area contributed by atoms with E-state index in [2.05, 4.69) is 0 Å². The van der Waals surface area contributed by atoms with Gasteiger partial charge in [-0.1, -0.05) is 0 Å². The van der Waals surface area contributed by atoms with Crippen LogP contribution in [-0.4, -0.2) is 23.0 Å². The summed E-state index contributed by atoms with van der Waals surface area (Å²) in [6.07, 6.45) is 5.89. The van der Waals surface area contributed by atoms with Gasteiger partial charge in [-0.2, -0.15) is 0 Å². The van der Waals surface area contributed by atoms with Crippen LogP contribution in [-0.2, 0) is 9.53 Å². The summed E-state index contributed by atoms with van der Waals surface area (Å²) in [6, 6.07) is 0. The summed E-state index contributed by atoms with van der Waals surface area (Å²) >= 11 is 0. The molecule has 3 atom stereocenters. The molecular weight excluding hydrogens is 270 g/mol. The van der Waals surface area contributed by atoms with Gasteiger partial charge in [0.1, 0.15) is 5.60 Å². The van der Waals surface area contributed by atoms with Crippen LogP contribution in [0.1, 0.15) is 59.3 Å². The van der Waals surface area contributed by atoms with Crippen molar-refractivity contribution >= 4 is 5.97 Å². The zero-order valence-electron chi connectivity index (χ0n) is 13.2. The number of hydrogen-bond donors (Lipinski definition) is 0. The van der Waals surface area contributed by atoms with E-state index in [1.54, 1.807) is 0 Å². The lowest BCUT2D eigenvalue weighted by molar-refractivity contribution is -0.507. The maximum absolute atomic E-state index is 12.2. The van der Waals surface area contributed by atoms with E-state index in [1.807, 2.05) is 20.8 Å². The molecule has 3 fully saturated rings. The molecule has 118 valence electrons. The number of ether oxygens (including phenoxy) is 1. The molecule has 0 heterocycles. The number of rotatable bonds is 4. The molecule has 0 N–H and O–H groups in total. The minimum atomic E-state index is -0.524. The average molecular weight is 295 g/mol. The van der Waals surface area contributed by atoms with Crippen LogP contribution in [0.2, 0.25) is 0 Å². The molecule has 3 aliphatic rings. The molecule has 0 radical (unpaired) electrons. The standard InChI is InChI=1S/C16H25NO4/c1-14(2,3)21-13(18)9-16(10-17(19)20)8-12-11(16)4-5-15(12)6-7-15/h11-12H,4-10H2,1-3H3/t11-,12-,16-/m1/s1. The quantitative estimate of drug-likeness (QED) is 0.454. The van der Waals surface area contributed by atoms with E-state index in [4.69, 9.17) is 4.74 Å². The van der Waals surface area contributed by atoms with E-state index in [-0.39, 0.29) is 23.9 Å². The number of nitrogens with zero attached hydrogens (tertiary/aromatic N) is 1. The Labute approximate surface area is 125 Å². The Balaban J connectivity index is 1.71. The smallest absolute Gasteiger partial charge is 0.307 e. The average Bonchev–Trinajstić information content (AvgIpc) is 2.95. The van der Waals surface area contributed by atoms with Gasteiger partial charge >= 0.3 is 5.97 Å². The Morgan fingerprint density at radius 2 is 1.95 bits per heavy atom. The van der Waals surface area contributed by atoms with Crippen LogP contribution in [0.25, 0.3) is 0 Å². The van der Waals surface area contributed by atoms with Gasteiger partial charge in [-0.15, -0.1) is 0 Å². The fraction of sp³-hybridized carbons (Fsp3) is 0.938. The Kier molecular flexibility index (Phi) is 3.12. The summed E-state index contributed by atoms with van der Waals surface area (Å²) in [5, 5.41) is 11.1. The van der Waals surface area contributed by atoms with Crippen molar-refractivity contribution in [3.8, 4) is 0 Å². The predicted octanol–water partition coefficient (Wildman–Crippen LogP) is 3.19. The molecular formula is C16H25NO4. The molecule has 0 aromatic carbocycles. The Hall–Kier alpha value is -1.13. The summed E-state index contributed by atoms with van der Waals surface area (Å²) in [5.74, 6) is 0.706. The Bertz CT molecular complexity index is 477. The van der Waals surface area contributed by atoms with Crippen molar-refractivity contribution in [1.82, 2.24) is 0 Å². The number of hydrogen-bond acceptors (Lipinski definition) is 4. The van der Waals surface area contributed by atoms with Gasteiger partial charge in [0.2, 0.25) is 6.54 Å². The van der Waals surface area contributed by atoms with Crippen LogP contribution < -0.4 is 0 Å². The second-order valence-electron chi connectivity index (χ2n) is 8.43. The van der Waals surface area contributed by atoms with Crippen LogP contribution in [0.15, 0.2) is 0 Å². The van der Waals surface area contributed by atoms with E-state index in [0.29, 0.717) is 17.3 Å². The number of carbonyl (C=O) groups is 1. The lowest BCUT2D eigenvalue weighted by Crippen LogP contribution is -2.53. The summed E-state index contributed by atoms with van der Waals surface area (Å²) in [7, 11) is 0. The van der Waals surface area contributed by atoms with Crippen molar-refractivity contribution in [3.05, 3.63) is 10.1 Å². The first kappa shape index (κ1) is 14.8. The van der Waals surface area contributed by atoms with Gasteiger partial charge in [-0.05, 0) is 70.1 Å². The predicted molar refractivity (Wildman–Crippen MR) is 77.3 cm³/mol. The van der Waals surface area contributed by atoms with Gasteiger partial charge in [-0.25, -0.2) is 0 Å². The second kappa shape index (κ2) is 4.43. The molecule has 3 rings (SSSR count). The third kappa shape index (κ3) is 2.55. The van der Waals surface area contributed by atoms with Crippen molar-refractivity contribution in [2.45, 2.75) is 64.9 Å². The number of fused-ring (bicyclic) bond motifs is 2.